The molecule has 0 aliphatic carbocycles. The van der Waals surface area contributed by atoms with Gasteiger partial charge in [0.25, 0.3) is 11.7 Å². The first-order chi connectivity index (χ1) is 14.5. The largest absolute Gasteiger partial charge is 0.507 e. The first-order valence-electron chi connectivity index (χ1n) is 10.2. The minimum absolute atomic E-state index is 0.0206. The standard InChI is InChI=1S/C24H26FNO4/c1-3-5-6-15-26-21(16-9-13-19(14-10-16)30-4-2)20(23(28)24(26)29)22(27)17-7-11-18(25)12-8-17/h7-14,21,27H,3-6,15H2,1-2H3/b22-20-. The van der Waals surface area contributed by atoms with Gasteiger partial charge in [-0.3, -0.25) is 9.59 Å². The van der Waals surface area contributed by atoms with Crippen molar-refractivity contribution in [1.82, 2.24) is 4.90 Å². The molecule has 1 N–H and O–H groups in total. The Kier molecular flexibility index (Phi) is 6.87. The van der Waals surface area contributed by atoms with Crippen molar-refractivity contribution in [2.45, 2.75) is 39.2 Å². The van der Waals surface area contributed by atoms with Crippen LogP contribution in [-0.2, 0) is 9.59 Å². The third kappa shape index (κ3) is 4.37. The third-order valence-corrected chi connectivity index (χ3v) is 5.17. The fourth-order valence-corrected chi connectivity index (χ4v) is 3.67. The van der Waals surface area contributed by atoms with Crippen LogP contribution in [0.2, 0.25) is 0 Å². The summed E-state index contributed by atoms with van der Waals surface area (Å²) in [4.78, 5) is 27.2. The van der Waals surface area contributed by atoms with Gasteiger partial charge in [-0.05, 0) is 55.3 Å². The van der Waals surface area contributed by atoms with Gasteiger partial charge in [-0.15, -0.1) is 0 Å². The fourth-order valence-electron chi connectivity index (χ4n) is 3.67. The van der Waals surface area contributed by atoms with Gasteiger partial charge < -0.3 is 14.7 Å². The van der Waals surface area contributed by atoms with Crippen molar-refractivity contribution in [3.05, 3.63) is 71.0 Å². The Morgan fingerprint density at radius 3 is 2.30 bits per heavy atom. The second-order valence-electron chi connectivity index (χ2n) is 7.21. The Hall–Kier alpha value is -3.15. The molecule has 30 heavy (non-hydrogen) atoms. The number of amides is 1. The summed E-state index contributed by atoms with van der Waals surface area (Å²) < 4.78 is 18.8. The average Bonchev–Trinajstić information content (AvgIpc) is 3.00. The molecule has 2 aromatic carbocycles. The van der Waals surface area contributed by atoms with E-state index < -0.39 is 23.5 Å². The fraction of sp³-hybridized carbons (Fsp3) is 0.333. The van der Waals surface area contributed by atoms with Crippen LogP contribution in [-0.4, -0.2) is 34.8 Å². The van der Waals surface area contributed by atoms with Crippen LogP contribution < -0.4 is 4.74 Å². The van der Waals surface area contributed by atoms with Gasteiger partial charge in [-0.1, -0.05) is 31.9 Å². The number of aliphatic hydroxyl groups is 1. The summed E-state index contributed by atoms with van der Waals surface area (Å²) >= 11 is 0. The van der Waals surface area contributed by atoms with Crippen molar-refractivity contribution in [1.29, 1.82) is 0 Å². The Balaban J connectivity index is 2.07. The number of ketones is 1. The van der Waals surface area contributed by atoms with Crippen molar-refractivity contribution in [3.8, 4) is 5.75 Å². The molecular weight excluding hydrogens is 385 g/mol. The van der Waals surface area contributed by atoms with Gasteiger partial charge in [0.15, 0.2) is 0 Å². The minimum Gasteiger partial charge on any atom is -0.507 e. The van der Waals surface area contributed by atoms with E-state index in [0.717, 1.165) is 19.3 Å². The summed E-state index contributed by atoms with van der Waals surface area (Å²) in [5.74, 6) is -1.43. The molecule has 2 aromatic rings. The van der Waals surface area contributed by atoms with Crippen LogP contribution in [0.25, 0.3) is 5.76 Å². The van der Waals surface area contributed by atoms with E-state index in [1.54, 1.807) is 24.3 Å². The van der Waals surface area contributed by atoms with Crippen molar-refractivity contribution in [2.24, 2.45) is 0 Å². The normalized spacial score (nSPS) is 18.1. The third-order valence-electron chi connectivity index (χ3n) is 5.17. The molecule has 1 aliphatic rings. The highest BCUT2D eigenvalue weighted by atomic mass is 19.1. The molecule has 1 amide bonds. The van der Waals surface area contributed by atoms with Crippen LogP contribution in [0.4, 0.5) is 4.39 Å². The summed E-state index contributed by atoms with van der Waals surface area (Å²) in [7, 11) is 0. The lowest BCUT2D eigenvalue weighted by Gasteiger charge is -2.25. The highest BCUT2D eigenvalue weighted by molar-refractivity contribution is 6.46. The molecule has 1 aliphatic heterocycles. The van der Waals surface area contributed by atoms with E-state index >= 15 is 0 Å². The zero-order valence-electron chi connectivity index (χ0n) is 17.2. The van der Waals surface area contributed by atoms with Crippen LogP contribution >= 0.6 is 0 Å². The molecule has 5 nitrogen and oxygen atoms in total. The summed E-state index contributed by atoms with van der Waals surface area (Å²) in [5, 5.41) is 10.9. The maximum atomic E-state index is 13.3. The number of rotatable bonds is 8. The second-order valence-corrected chi connectivity index (χ2v) is 7.21. The lowest BCUT2D eigenvalue weighted by Crippen LogP contribution is -2.30. The van der Waals surface area contributed by atoms with Gasteiger partial charge in [0.1, 0.15) is 17.3 Å². The Morgan fingerprint density at radius 1 is 1.03 bits per heavy atom. The van der Waals surface area contributed by atoms with E-state index in [2.05, 4.69) is 6.92 Å². The number of hydrogen-bond donors (Lipinski definition) is 1. The Labute approximate surface area is 175 Å². The van der Waals surface area contributed by atoms with E-state index in [1.165, 1.54) is 29.2 Å². The van der Waals surface area contributed by atoms with Crippen molar-refractivity contribution < 1.29 is 23.8 Å². The molecule has 0 spiro atoms. The number of nitrogens with zero attached hydrogens (tertiary/aromatic N) is 1. The van der Waals surface area contributed by atoms with E-state index in [1.807, 2.05) is 6.92 Å². The first kappa shape index (κ1) is 21.6. The van der Waals surface area contributed by atoms with Gasteiger partial charge in [-0.2, -0.15) is 0 Å². The van der Waals surface area contributed by atoms with Crippen LogP contribution in [0.1, 0.15) is 50.3 Å². The monoisotopic (exact) mass is 411 g/mol. The highest BCUT2D eigenvalue weighted by Gasteiger charge is 2.45. The average molecular weight is 411 g/mol. The van der Waals surface area contributed by atoms with Crippen LogP contribution in [0, 0.1) is 5.82 Å². The molecule has 1 unspecified atom stereocenters. The lowest BCUT2D eigenvalue weighted by molar-refractivity contribution is -0.139. The van der Waals surface area contributed by atoms with Crippen molar-refractivity contribution >= 4 is 17.4 Å². The Morgan fingerprint density at radius 2 is 1.70 bits per heavy atom. The molecule has 3 rings (SSSR count). The first-order valence-corrected chi connectivity index (χ1v) is 10.2. The van der Waals surface area contributed by atoms with Gasteiger partial charge in [0.2, 0.25) is 0 Å². The van der Waals surface area contributed by atoms with Gasteiger partial charge >= 0.3 is 0 Å². The van der Waals surface area contributed by atoms with E-state index in [4.69, 9.17) is 4.74 Å². The molecule has 1 fully saturated rings. The second kappa shape index (κ2) is 9.57. The number of halogens is 1. The zero-order chi connectivity index (χ0) is 21.7. The number of benzene rings is 2. The van der Waals surface area contributed by atoms with E-state index in [9.17, 15) is 19.1 Å². The predicted octanol–water partition coefficient (Wildman–Crippen LogP) is 4.84. The quantitative estimate of drug-likeness (QED) is 0.292. The molecule has 158 valence electrons. The Bertz CT molecular complexity index is 935. The molecule has 0 aromatic heterocycles. The van der Waals surface area contributed by atoms with Gasteiger partial charge in [0, 0.05) is 12.1 Å². The molecule has 1 heterocycles. The number of unbranched alkanes of at least 4 members (excludes halogenated alkanes) is 2. The molecule has 0 bridgehead atoms. The molecule has 0 radical (unpaired) electrons. The summed E-state index contributed by atoms with van der Waals surface area (Å²) in [6, 6.07) is 11.7. The van der Waals surface area contributed by atoms with Gasteiger partial charge in [0.05, 0.1) is 18.2 Å². The number of carbonyl (C=O) groups is 2. The topological polar surface area (TPSA) is 66.8 Å². The number of carbonyl (C=O) groups excluding carboxylic acids is 2. The molecule has 1 atom stereocenters. The van der Waals surface area contributed by atoms with E-state index in [0.29, 0.717) is 30.0 Å². The predicted molar refractivity (Wildman–Crippen MR) is 113 cm³/mol. The lowest BCUT2D eigenvalue weighted by atomic mass is 9.95. The molecule has 0 saturated carbocycles. The summed E-state index contributed by atoms with van der Waals surface area (Å²) in [6.45, 7) is 4.89. The van der Waals surface area contributed by atoms with Crippen molar-refractivity contribution in [2.75, 3.05) is 13.2 Å². The molecule has 6 heteroatoms. The maximum Gasteiger partial charge on any atom is 0.295 e. The number of aliphatic hydroxyl groups excluding tert-OH is 1. The molecular formula is C24H26FNO4. The van der Waals surface area contributed by atoms with Crippen LogP contribution in [0.3, 0.4) is 0 Å². The maximum absolute atomic E-state index is 13.3. The number of Topliss-reactive ketones (excluding diaryl/α,β-unsaturated/α-hetero) is 1. The summed E-state index contributed by atoms with van der Waals surface area (Å²) in [5.41, 5.74) is 1.02. The number of hydrogen-bond acceptors (Lipinski definition) is 4. The van der Waals surface area contributed by atoms with Gasteiger partial charge in [-0.25, -0.2) is 4.39 Å². The number of ether oxygens (including phenoxy) is 1. The van der Waals surface area contributed by atoms with Crippen LogP contribution in [0.5, 0.6) is 5.75 Å². The van der Waals surface area contributed by atoms with E-state index in [-0.39, 0.29) is 11.3 Å². The van der Waals surface area contributed by atoms with Crippen LogP contribution in [0.15, 0.2) is 54.1 Å². The minimum atomic E-state index is -0.729. The highest BCUT2D eigenvalue weighted by Crippen LogP contribution is 2.40. The number of likely N-dealkylation sites (tertiary alicyclic amines) is 1. The molecule has 1 saturated heterocycles. The summed E-state index contributed by atoms with van der Waals surface area (Å²) in [6.07, 6.45) is 2.66. The SMILES string of the molecule is CCCCCN1C(=O)C(=O)/C(=C(\O)c2ccc(F)cc2)C1c1ccc(OCC)cc1. The zero-order valence-corrected chi connectivity index (χ0v) is 17.2. The smallest absolute Gasteiger partial charge is 0.295 e. The van der Waals surface area contributed by atoms with Crippen molar-refractivity contribution in [3.63, 3.8) is 0 Å².